The summed E-state index contributed by atoms with van der Waals surface area (Å²) in [6.45, 7) is 2.49. The van der Waals surface area contributed by atoms with Gasteiger partial charge in [-0.25, -0.2) is 4.98 Å². The van der Waals surface area contributed by atoms with E-state index in [0.29, 0.717) is 12.2 Å². The molecule has 96 valence electrons. The molecule has 2 heterocycles. The van der Waals surface area contributed by atoms with Crippen LogP contribution in [-0.2, 0) is 22.5 Å². The van der Waals surface area contributed by atoms with Crippen molar-refractivity contribution in [2.24, 2.45) is 0 Å². The first-order chi connectivity index (χ1) is 8.67. The Morgan fingerprint density at radius 1 is 1.56 bits per heavy atom. The highest BCUT2D eigenvalue weighted by atomic mass is 32.1. The Labute approximate surface area is 109 Å². The fraction of sp³-hybridized carbons (Fsp3) is 0.333. The SMILES string of the molecule is COC(=O)Cc1csc(NCc2ccc(C)o2)n1. The number of aromatic nitrogens is 1. The molecule has 0 aliphatic carbocycles. The van der Waals surface area contributed by atoms with Gasteiger partial charge in [0.15, 0.2) is 5.13 Å². The predicted octanol–water partition coefficient (Wildman–Crippen LogP) is 2.37. The molecule has 5 nitrogen and oxygen atoms in total. The van der Waals surface area contributed by atoms with Crippen molar-refractivity contribution in [1.82, 2.24) is 4.98 Å². The molecule has 0 spiro atoms. The summed E-state index contributed by atoms with van der Waals surface area (Å²) in [5.41, 5.74) is 0.713. The van der Waals surface area contributed by atoms with Gasteiger partial charge in [0.05, 0.1) is 25.8 Å². The fourth-order valence-electron chi connectivity index (χ4n) is 1.43. The summed E-state index contributed by atoms with van der Waals surface area (Å²) in [5, 5.41) is 5.75. The van der Waals surface area contributed by atoms with Crippen LogP contribution in [0.15, 0.2) is 21.9 Å². The number of anilines is 1. The zero-order chi connectivity index (χ0) is 13.0. The van der Waals surface area contributed by atoms with Gasteiger partial charge in [0.1, 0.15) is 11.5 Å². The Morgan fingerprint density at radius 3 is 3.06 bits per heavy atom. The van der Waals surface area contributed by atoms with Crippen LogP contribution in [-0.4, -0.2) is 18.1 Å². The third-order valence-electron chi connectivity index (χ3n) is 2.31. The number of nitrogens with one attached hydrogen (secondary N) is 1. The Bertz CT molecular complexity index is 533. The highest BCUT2D eigenvalue weighted by Crippen LogP contribution is 2.17. The van der Waals surface area contributed by atoms with Gasteiger partial charge in [0.25, 0.3) is 0 Å². The first-order valence-electron chi connectivity index (χ1n) is 5.48. The minimum atomic E-state index is -0.284. The van der Waals surface area contributed by atoms with Crippen LogP contribution in [0.4, 0.5) is 5.13 Å². The summed E-state index contributed by atoms with van der Waals surface area (Å²) < 4.78 is 10.0. The number of aryl methyl sites for hydroxylation is 1. The summed E-state index contributed by atoms with van der Waals surface area (Å²) in [6, 6.07) is 3.84. The Hall–Kier alpha value is -1.82. The van der Waals surface area contributed by atoms with Crippen LogP contribution >= 0.6 is 11.3 Å². The monoisotopic (exact) mass is 266 g/mol. The molecule has 0 radical (unpaired) electrons. The van der Waals surface area contributed by atoms with Crippen LogP contribution in [0.2, 0.25) is 0 Å². The number of ether oxygens (including phenoxy) is 1. The minimum absolute atomic E-state index is 0.203. The molecule has 0 unspecified atom stereocenters. The lowest BCUT2D eigenvalue weighted by Gasteiger charge is -1.99. The standard InChI is InChI=1S/C12H14N2O3S/c1-8-3-4-10(17-8)6-13-12-14-9(7-18-12)5-11(15)16-2/h3-4,7H,5-6H2,1-2H3,(H,13,14). The summed E-state index contributed by atoms with van der Waals surface area (Å²) in [5.74, 6) is 1.46. The molecule has 0 aromatic carbocycles. The third kappa shape index (κ3) is 3.33. The fourth-order valence-corrected chi connectivity index (χ4v) is 2.14. The molecule has 0 atom stereocenters. The van der Waals surface area contributed by atoms with Gasteiger partial charge in [-0.05, 0) is 19.1 Å². The molecule has 0 aliphatic heterocycles. The van der Waals surface area contributed by atoms with Crippen LogP contribution in [0, 0.1) is 6.92 Å². The van der Waals surface area contributed by atoms with Crippen molar-refractivity contribution in [3.63, 3.8) is 0 Å². The van der Waals surface area contributed by atoms with E-state index in [2.05, 4.69) is 15.0 Å². The van der Waals surface area contributed by atoms with Crippen molar-refractivity contribution in [2.45, 2.75) is 19.9 Å². The van der Waals surface area contributed by atoms with Crippen LogP contribution < -0.4 is 5.32 Å². The van der Waals surface area contributed by atoms with Crippen LogP contribution in [0.25, 0.3) is 0 Å². The smallest absolute Gasteiger partial charge is 0.311 e. The predicted molar refractivity (Wildman–Crippen MR) is 68.6 cm³/mol. The summed E-state index contributed by atoms with van der Waals surface area (Å²) >= 11 is 1.46. The molecule has 0 saturated heterocycles. The number of thiazole rings is 1. The molecule has 0 saturated carbocycles. The zero-order valence-electron chi connectivity index (χ0n) is 10.2. The van der Waals surface area contributed by atoms with E-state index in [9.17, 15) is 4.79 Å². The molecule has 2 rings (SSSR count). The summed E-state index contributed by atoms with van der Waals surface area (Å²) in [7, 11) is 1.37. The van der Waals surface area contributed by atoms with Crippen molar-refractivity contribution in [3.8, 4) is 0 Å². The van der Waals surface area contributed by atoms with Crippen molar-refractivity contribution < 1.29 is 13.9 Å². The van der Waals surface area contributed by atoms with Gasteiger partial charge in [-0.2, -0.15) is 0 Å². The maximum atomic E-state index is 11.1. The lowest BCUT2D eigenvalue weighted by Crippen LogP contribution is -2.05. The number of nitrogens with zero attached hydrogens (tertiary/aromatic N) is 1. The van der Waals surface area contributed by atoms with Gasteiger partial charge < -0.3 is 14.5 Å². The van der Waals surface area contributed by atoms with Crippen LogP contribution in [0.5, 0.6) is 0 Å². The highest BCUT2D eigenvalue weighted by molar-refractivity contribution is 7.13. The quantitative estimate of drug-likeness (QED) is 0.842. The third-order valence-corrected chi connectivity index (χ3v) is 3.16. The molecule has 1 N–H and O–H groups in total. The van der Waals surface area contributed by atoms with E-state index in [0.717, 1.165) is 16.7 Å². The van der Waals surface area contributed by atoms with Crippen molar-refractivity contribution in [1.29, 1.82) is 0 Å². The number of hydrogen-bond donors (Lipinski definition) is 1. The molecule has 6 heteroatoms. The number of methoxy groups -OCH3 is 1. The maximum absolute atomic E-state index is 11.1. The number of furan rings is 1. The molecular weight excluding hydrogens is 252 g/mol. The second-order valence-electron chi connectivity index (χ2n) is 3.76. The largest absolute Gasteiger partial charge is 0.469 e. The Kier molecular flexibility index (Phi) is 3.99. The lowest BCUT2D eigenvalue weighted by molar-refractivity contribution is -0.139. The first-order valence-corrected chi connectivity index (χ1v) is 6.36. The second-order valence-corrected chi connectivity index (χ2v) is 4.62. The molecule has 2 aromatic rings. The van der Waals surface area contributed by atoms with Crippen LogP contribution in [0.1, 0.15) is 17.2 Å². The number of carbonyl (C=O) groups is 1. The Morgan fingerprint density at radius 2 is 2.39 bits per heavy atom. The summed E-state index contributed by atoms with van der Waals surface area (Å²) in [6.07, 6.45) is 0.203. The van der Waals surface area contributed by atoms with E-state index >= 15 is 0 Å². The highest BCUT2D eigenvalue weighted by Gasteiger charge is 2.07. The lowest BCUT2D eigenvalue weighted by atomic mass is 10.3. The molecular formula is C12H14N2O3S. The van der Waals surface area contributed by atoms with E-state index < -0.39 is 0 Å². The molecule has 0 fully saturated rings. The molecule has 0 amide bonds. The molecule has 0 aliphatic rings. The van der Waals surface area contributed by atoms with Crippen LogP contribution in [0.3, 0.4) is 0 Å². The van der Waals surface area contributed by atoms with Gasteiger partial charge in [0, 0.05) is 5.38 Å². The first kappa shape index (κ1) is 12.6. The van der Waals surface area contributed by atoms with E-state index in [1.54, 1.807) is 0 Å². The zero-order valence-corrected chi connectivity index (χ0v) is 11.0. The van der Waals surface area contributed by atoms with Gasteiger partial charge in [-0.3, -0.25) is 4.79 Å². The maximum Gasteiger partial charge on any atom is 0.311 e. The van der Waals surface area contributed by atoms with Crippen molar-refractivity contribution in [3.05, 3.63) is 34.7 Å². The number of rotatable bonds is 5. The van der Waals surface area contributed by atoms with Gasteiger partial charge in [-0.1, -0.05) is 0 Å². The van der Waals surface area contributed by atoms with E-state index in [1.165, 1.54) is 18.4 Å². The average molecular weight is 266 g/mol. The van der Waals surface area contributed by atoms with Gasteiger partial charge in [0.2, 0.25) is 0 Å². The van der Waals surface area contributed by atoms with Gasteiger partial charge in [-0.15, -0.1) is 11.3 Å². The minimum Gasteiger partial charge on any atom is -0.469 e. The topological polar surface area (TPSA) is 64.4 Å². The normalized spacial score (nSPS) is 10.3. The number of esters is 1. The number of hydrogen-bond acceptors (Lipinski definition) is 6. The Balaban J connectivity index is 1.88. The van der Waals surface area contributed by atoms with E-state index in [1.807, 2.05) is 24.4 Å². The van der Waals surface area contributed by atoms with Crippen molar-refractivity contribution in [2.75, 3.05) is 12.4 Å². The molecule has 18 heavy (non-hydrogen) atoms. The van der Waals surface area contributed by atoms with Crippen molar-refractivity contribution >= 4 is 22.4 Å². The molecule has 2 aromatic heterocycles. The average Bonchev–Trinajstić information content (AvgIpc) is 2.96. The second kappa shape index (κ2) is 5.68. The van der Waals surface area contributed by atoms with E-state index in [4.69, 9.17) is 4.42 Å². The van der Waals surface area contributed by atoms with Gasteiger partial charge >= 0.3 is 5.97 Å². The summed E-state index contributed by atoms with van der Waals surface area (Å²) in [4.78, 5) is 15.4. The molecule has 0 bridgehead atoms. The number of carbonyl (C=O) groups excluding carboxylic acids is 1. The van der Waals surface area contributed by atoms with E-state index in [-0.39, 0.29) is 12.4 Å².